The summed E-state index contributed by atoms with van der Waals surface area (Å²) in [5, 5.41) is 6.91. The molecule has 20 heavy (non-hydrogen) atoms. The van der Waals surface area contributed by atoms with Crippen molar-refractivity contribution in [1.82, 2.24) is 15.5 Å². The molecule has 0 aliphatic carbocycles. The lowest BCUT2D eigenvalue weighted by Crippen LogP contribution is -2.43. The van der Waals surface area contributed by atoms with Gasteiger partial charge in [0, 0.05) is 19.6 Å². The first-order valence-electron chi connectivity index (χ1n) is 8.45. The van der Waals surface area contributed by atoms with Crippen LogP contribution in [0, 0.1) is 0 Å². The summed E-state index contributed by atoms with van der Waals surface area (Å²) in [5.41, 5.74) is 0. The van der Waals surface area contributed by atoms with Gasteiger partial charge in [-0.15, -0.1) is 0 Å². The second kappa shape index (κ2) is 11.0. The minimum absolute atomic E-state index is 0.506. The Kier molecular flexibility index (Phi) is 9.46. The summed E-state index contributed by atoms with van der Waals surface area (Å²) in [6.45, 7) is 9.31. The van der Waals surface area contributed by atoms with Gasteiger partial charge in [0.05, 0.1) is 0 Å². The highest BCUT2D eigenvalue weighted by atomic mass is 15.2. The molecule has 1 aliphatic heterocycles. The molecule has 118 valence electrons. The Morgan fingerprint density at radius 2 is 1.95 bits per heavy atom. The first-order chi connectivity index (χ1) is 9.76. The quantitative estimate of drug-likeness (QED) is 0.388. The first-order valence-corrected chi connectivity index (χ1v) is 8.45. The number of likely N-dealkylation sites (tertiary alicyclic amines) is 1. The number of nitrogens with zero attached hydrogens (tertiary/aromatic N) is 2. The fourth-order valence-electron chi connectivity index (χ4n) is 2.72. The van der Waals surface area contributed by atoms with Crippen LogP contribution in [0.5, 0.6) is 0 Å². The molecular formula is C16H34N4. The number of hydrogen-bond acceptors (Lipinski definition) is 2. The van der Waals surface area contributed by atoms with Crippen molar-refractivity contribution in [2.75, 3.05) is 33.2 Å². The zero-order valence-corrected chi connectivity index (χ0v) is 13.7. The Hall–Kier alpha value is -0.770. The molecule has 0 amide bonds. The highest BCUT2D eigenvalue weighted by Gasteiger charge is 2.10. The van der Waals surface area contributed by atoms with Crippen LogP contribution in [-0.2, 0) is 0 Å². The van der Waals surface area contributed by atoms with Crippen molar-refractivity contribution in [1.29, 1.82) is 0 Å². The van der Waals surface area contributed by atoms with Crippen LogP contribution in [0.25, 0.3) is 0 Å². The van der Waals surface area contributed by atoms with Crippen molar-refractivity contribution in [3.8, 4) is 0 Å². The summed E-state index contributed by atoms with van der Waals surface area (Å²) < 4.78 is 0. The number of nitrogens with one attached hydrogen (secondary N) is 2. The third-order valence-corrected chi connectivity index (χ3v) is 3.99. The van der Waals surface area contributed by atoms with Gasteiger partial charge in [-0.1, -0.05) is 26.2 Å². The van der Waals surface area contributed by atoms with E-state index in [4.69, 9.17) is 0 Å². The molecule has 1 aliphatic rings. The van der Waals surface area contributed by atoms with E-state index in [1.54, 1.807) is 0 Å². The molecule has 0 spiro atoms. The van der Waals surface area contributed by atoms with Gasteiger partial charge in [-0.3, -0.25) is 4.99 Å². The maximum absolute atomic E-state index is 4.31. The zero-order chi connectivity index (χ0) is 14.6. The number of hydrogen-bond donors (Lipinski definition) is 2. The monoisotopic (exact) mass is 282 g/mol. The second-order valence-electron chi connectivity index (χ2n) is 5.94. The molecule has 0 aromatic heterocycles. The second-order valence-corrected chi connectivity index (χ2v) is 5.94. The number of aliphatic imine (C=N–C) groups is 1. The van der Waals surface area contributed by atoms with Crippen LogP contribution < -0.4 is 10.6 Å². The molecule has 1 saturated heterocycles. The maximum atomic E-state index is 4.31. The highest BCUT2D eigenvalue weighted by molar-refractivity contribution is 5.79. The first kappa shape index (κ1) is 17.3. The molecule has 1 unspecified atom stereocenters. The number of rotatable bonds is 9. The Labute approximate surface area is 125 Å². The van der Waals surface area contributed by atoms with Gasteiger partial charge in [0.1, 0.15) is 0 Å². The number of unbranched alkanes of at least 4 members (excludes halogenated alkanes) is 2. The average molecular weight is 282 g/mol. The van der Waals surface area contributed by atoms with E-state index in [1.165, 1.54) is 64.6 Å². The van der Waals surface area contributed by atoms with Gasteiger partial charge in [0.2, 0.25) is 0 Å². The van der Waals surface area contributed by atoms with E-state index in [0.717, 1.165) is 12.5 Å². The Morgan fingerprint density at radius 1 is 1.20 bits per heavy atom. The van der Waals surface area contributed by atoms with E-state index in [0.29, 0.717) is 6.04 Å². The number of guanidine groups is 1. The molecule has 1 rings (SSSR count). The molecule has 1 fully saturated rings. The third kappa shape index (κ3) is 7.73. The van der Waals surface area contributed by atoms with Crippen LogP contribution in [0.4, 0.5) is 0 Å². The molecule has 0 radical (unpaired) electrons. The minimum atomic E-state index is 0.506. The predicted octanol–water partition coefficient (Wildman–Crippen LogP) is 2.61. The van der Waals surface area contributed by atoms with Crippen LogP contribution in [-0.4, -0.2) is 50.1 Å². The van der Waals surface area contributed by atoms with Crippen molar-refractivity contribution < 1.29 is 0 Å². The predicted molar refractivity (Wildman–Crippen MR) is 88.4 cm³/mol. The summed E-state index contributed by atoms with van der Waals surface area (Å²) >= 11 is 0. The fraction of sp³-hybridized carbons (Fsp3) is 0.938. The van der Waals surface area contributed by atoms with E-state index < -0.39 is 0 Å². The topological polar surface area (TPSA) is 39.7 Å². The standard InChI is InChI=1S/C16H34N4/c1-4-5-6-10-15(2)19-16(17-3)18-11-9-14-20-12-7-8-13-20/h15H,4-14H2,1-3H3,(H2,17,18,19). The largest absolute Gasteiger partial charge is 0.356 e. The van der Waals surface area contributed by atoms with Crippen molar-refractivity contribution in [2.45, 2.75) is 64.8 Å². The normalized spacial score (nSPS) is 18.2. The molecule has 4 heteroatoms. The lowest BCUT2D eigenvalue weighted by atomic mass is 10.1. The molecule has 4 nitrogen and oxygen atoms in total. The van der Waals surface area contributed by atoms with Gasteiger partial charge in [0.15, 0.2) is 5.96 Å². The fourth-order valence-corrected chi connectivity index (χ4v) is 2.72. The molecule has 1 atom stereocenters. The van der Waals surface area contributed by atoms with E-state index in [1.807, 2.05) is 7.05 Å². The van der Waals surface area contributed by atoms with E-state index >= 15 is 0 Å². The van der Waals surface area contributed by atoms with Crippen LogP contribution in [0.15, 0.2) is 4.99 Å². The van der Waals surface area contributed by atoms with Crippen LogP contribution >= 0.6 is 0 Å². The molecule has 1 heterocycles. The maximum Gasteiger partial charge on any atom is 0.191 e. The van der Waals surface area contributed by atoms with Crippen molar-refractivity contribution in [2.24, 2.45) is 4.99 Å². The van der Waals surface area contributed by atoms with Crippen molar-refractivity contribution >= 4 is 5.96 Å². The van der Waals surface area contributed by atoms with Gasteiger partial charge >= 0.3 is 0 Å². The summed E-state index contributed by atoms with van der Waals surface area (Å²) in [6.07, 6.45) is 9.10. The molecule has 0 saturated carbocycles. The SMILES string of the molecule is CCCCCC(C)NC(=NC)NCCCN1CCCC1. The smallest absolute Gasteiger partial charge is 0.191 e. The van der Waals surface area contributed by atoms with Crippen LogP contribution in [0.2, 0.25) is 0 Å². The van der Waals surface area contributed by atoms with Gasteiger partial charge in [0.25, 0.3) is 0 Å². The Bertz CT molecular complexity index is 259. The van der Waals surface area contributed by atoms with Crippen molar-refractivity contribution in [3.05, 3.63) is 0 Å². The lowest BCUT2D eigenvalue weighted by Gasteiger charge is -2.19. The molecular weight excluding hydrogens is 248 g/mol. The van der Waals surface area contributed by atoms with E-state index in [2.05, 4.69) is 34.4 Å². The highest BCUT2D eigenvalue weighted by Crippen LogP contribution is 2.07. The van der Waals surface area contributed by atoms with E-state index in [-0.39, 0.29) is 0 Å². The Balaban J connectivity index is 2.06. The van der Waals surface area contributed by atoms with Gasteiger partial charge in [-0.25, -0.2) is 0 Å². The third-order valence-electron chi connectivity index (χ3n) is 3.99. The van der Waals surface area contributed by atoms with Crippen molar-refractivity contribution in [3.63, 3.8) is 0 Å². The molecule has 2 N–H and O–H groups in total. The van der Waals surface area contributed by atoms with Crippen LogP contribution in [0.3, 0.4) is 0 Å². The minimum Gasteiger partial charge on any atom is -0.356 e. The van der Waals surface area contributed by atoms with E-state index in [9.17, 15) is 0 Å². The van der Waals surface area contributed by atoms with Gasteiger partial charge in [-0.05, 0) is 52.2 Å². The molecule has 0 aromatic rings. The molecule has 0 aromatic carbocycles. The zero-order valence-electron chi connectivity index (χ0n) is 13.7. The molecule has 0 bridgehead atoms. The van der Waals surface area contributed by atoms with Gasteiger partial charge in [-0.2, -0.15) is 0 Å². The van der Waals surface area contributed by atoms with Gasteiger partial charge < -0.3 is 15.5 Å². The van der Waals surface area contributed by atoms with Crippen LogP contribution in [0.1, 0.15) is 58.8 Å². The average Bonchev–Trinajstić information content (AvgIpc) is 2.95. The summed E-state index contributed by atoms with van der Waals surface area (Å²) in [7, 11) is 1.86. The summed E-state index contributed by atoms with van der Waals surface area (Å²) in [4.78, 5) is 6.87. The summed E-state index contributed by atoms with van der Waals surface area (Å²) in [5.74, 6) is 0.954. The lowest BCUT2D eigenvalue weighted by molar-refractivity contribution is 0.334. The summed E-state index contributed by atoms with van der Waals surface area (Å²) in [6, 6.07) is 0.506. The Morgan fingerprint density at radius 3 is 2.60 bits per heavy atom.